The molecule has 1 fully saturated rings. The SMILES string of the molecule is CN=C(NCc1ccc(C(=O)N2CCNC(=O)C2)cc1)NCc1ccc(Cl)cc1Cl. The number of rotatable bonds is 5. The van der Waals surface area contributed by atoms with Gasteiger partial charge in [-0.15, -0.1) is 0 Å². The number of aliphatic imine (C=N–C) groups is 1. The number of piperazine rings is 1. The van der Waals surface area contributed by atoms with E-state index >= 15 is 0 Å². The van der Waals surface area contributed by atoms with E-state index in [2.05, 4.69) is 20.9 Å². The summed E-state index contributed by atoms with van der Waals surface area (Å²) in [5.41, 5.74) is 2.47. The highest BCUT2D eigenvalue weighted by atomic mass is 35.5. The standard InChI is InChI=1S/C21H23Cl2N5O2/c1-24-21(27-12-16-6-7-17(22)10-18(16)23)26-11-14-2-4-15(5-3-14)20(30)28-9-8-25-19(29)13-28/h2-7,10H,8-9,11-13H2,1H3,(H,25,29)(H2,24,26,27). The summed E-state index contributed by atoms with van der Waals surface area (Å²) in [7, 11) is 1.69. The number of nitrogens with one attached hydrogen (secondary N) is 3. The highest BCUT2D eigenvalue weighted by Gasteiger charge is 2.22. The lowest BCUT2D eigenvalue weighted by Gasteiger charge is -2.26. The molecule has 2 aromatic carbocycles. The molecule has 0 unspecified atom stereocenters. The molecule has 1 saturated heterocycles. The summed E-state index contributed by atoms with van der Waals surface area (Å²) in [5.74, 6) is 0.358. The molecule has 0 spiro atoms. The third kappa shape index (κ3) is 5.87. The number of carbonyl (C=O) groups is 2. The zero-order valence-corrected chi connectivity index (χ0v) is 18.1. The van der Waals surface area contributed by atoms with E-state index in [1.165, 1.54) is 0 Å². The topological polar surface area (TPSA) is 85.8 Å². The molecule has 0 radical (unpaired) electrons. The van der Waals surface area contributed by atoms with Crippen LogP contribution in [0.3, 0.4) is 0 Å². The van der Waals surface area contributed by atoms with Crippen LogP contribution in [0.4, 0.5) is 0 Å². The van der Waals surface area contributed by atoms with Gasteiger partial charge in [0.1, 0.15) is 0 Å². The Labute approximate surface area is 185 Å². The number of hydrogen-bond acceptors (Lipinski definition) is 3. The van der Waals surface area contributed by atoms with E-state index in [1.807, 2.05) is 18.2 Å². The maximum absolute atomic E-state index is 12.5. The van der Waals surface area contributed by atoms with Gasteiger partial charge < -0.3 is 20.9 Å². The highest BCUT2D eigenvalue weighted by Crippen LogP contribution is 2.20. The summed E-state index contributed by atoms with van der Waals surface area (Å²) >= 11 is 12.1. The predicted octanol–water partition coefficient (Wildman–Crippen LogP) is 2.43. The van der Waals surface area contributed by atoms with Gasteiger partial charge in [-0.05, 0) is 35.4 Å². The number of amides is 2. The first-order chi connectivity index (χ1) is 14.5. The lowest BCUT2D eigenvalue weighted by atomic mass is 10.1. The third-order valence-corrected chi connectivity index (χ3v) is 5.26. The Bertz CT molecular complexity index is 947. The van der Waals surface area contributed by atoms with Gasteiger partial charge >= 0.3 is 0 Å². The third-order valence-electron chi connectivity index (χ3n) is 4.67. The minimum Gasteiger partial charge on any atom is -0.353 e. The van der Waals surface area contributed by atoms with Crippen molar-refractivity contribution in [1.29, 1.82) is 0 Å². The maximum atomic E-state index is 12.5. The van der Waals surface area contributed by atoms with Crippen molar-refractivity contribution in [1.82, 2.24) is 20.9 Å². The molecule has 2 amide bonds. The van der Waals surface area contributed by atoms with E-state index in [0.29, 0.717) is 47.7 Å². The minimum absolute atomic E-state index is 0.0990. The lowest BCUT2D eigenvalue weighted by Crippen LogP contribution is -2.49. The Kier molecular flexibility index (Phi) is 7.54. The van der Waals surface area contributed by atoms with Crippen LogP contribution in [-0.4, -0.2) is 49.4 Å². The largest absolute Gasteiger partial charge is 0.353 e. The molecule has 2 aromatic rings. The van der Waals surface area contributed by atoms with Crippen LogP contribution in [0, 0.1) is 0 Å². The van der Waals surface area contributed by atoms with Crippen LogP contribution < -0.4 is 16.0 Å². The van der Waals surface area contributed by atoms with Gasteiger partial charge in [0, 0.05) is 48.8 Å². The zero-order chi connectivity index (χ0) is 21.5. The van der Waals surface area contributed by atoms with Crippen LogP contribution in [0.25, 0.3) is 0 Å². The molecule has 158 valence electrons. The molecule has 0 saturated carbocycles. The van der Waals surface area contributed by atoms with E-state index in [4.69, 9.17) is 23.2 Å². The average molecular weight is 448 g/mol. The molecule has 1 aliphatic heterocycles. The molecule has 30 heavy (non-hydrogen) atoms. The van der Waals surface area contributed by atoms with Crippen LogP contribution in [0.2, 0.25) is 10.0 Å². The van der Waals surface area contributed by atoms with Crippen LogP contribution in [-0.2, 0) is 17.9 Å². The molecule has 3 N–H and O–H groups in total. The number of benzene rings is 2. The van der Waals surface area contributed by atoms with E-state index in [-0.39, 0.29) is 18.4 Å². The van der Waals surface area contributed by atoms with Gasteiger partial charge in [0.05, 0.1) is 6.54 Å². The van der Waals surface area contributed by atoms with Crippen molar-refractivity contribution < 1.29 is 9.59 Å². The summed E-state index contributed by atoms with van der Waals surface area (Å²) < 4.78 is 0. The summed E-state index contributed by atoms with van der Waals surface area (Å²) in [6.07, 6.45) is 0. The normalized spacial score (nSPS) is 14.3. The molecule has 0 aromatic heterocycles. The molecule has 1 aliphatic rings. The Balaban J connectivity index is 1.52. The van der Waals surface area contributed by atoms with Gasteiger partial charge in [0.25, 0.3) is 5.91 Å². The Hall–Kier alpha value is -2.77. The fourth-order valence-electron chi connectivity index (χ4n) is 3.01. The summed E-state index contributed by atoms with van der Waals surface area (Å²) in [5, 5.41) is 10.3. The highest BCUT2D eigenvalue weighted by molar-refractivity contribution is 6.35. The van der Waals surface area contributed by atoms with Gasteiger partial charge in [0.15, 0.2) is 5.96 Å². The molecule has 0 atom stereocenters. The van der Waals surface area contributed by atoms with Crippen LogP contribution in [0.1, 0.15) is 21.5 Å². The lowest BCUT2D eigenvalue weighted by molar-refractivity contribution is -0.123. The number of guanidine groups is 1. The maximum Gasteiger partial charge on any atom is 0.254 e. The fourth-order valence-corrected chi connectivity index (χ4v) is 3.49. The van der Waals surface area contributed by atoms with E-state index in [1.54, 1.807) is 36.2 Å². The first-order valence-electron chi connectivity index (χ1n) is 9.49. The molecular weight excluding hydrogens is 425 g/mol. The second-order valence-electron chi connectivity index (χ2n) is 6.79. The minimum atomic E-state index is -0.137. The van der Waals surface area contributed by atoms with Gasteiger partial charge in [-0.3, -0.25) is 14.6 Å². The van der Waals surface area contributed by atoms with Crippen molar-refractivity contribution in [3.63, 3.8) is 0 Å². The molecule has 0 aliphatic carbocycles. The van der Waals surface area contributed by atoms with E-state index < -0.39 is 0 Å². The quantitative estimate of drug-likeness (QED) is 0.485. The van der Waals surface area contributed by atoms with Gasteiger partial charge in [-0.25, -0.2) is 0 Å². The summed E-state index contributed by atoms with van der Waals surface area (Å²) in [4.78, 5) is 29.8. The number of carbonyl (C=O) groups excluding carboxylic acids is 2. The van der Waals surface area contributed by atoms with Crippen molar-refractivity contribution in [2.45, 2.75) is 13.1 Å². The number of hydrogen-bond donors (Lipinski definition) is 3. The Morgan fingerprint density at radius 2 is 1.87 bits per heavy atom. The molecular formula is C21H23Cl2N5O2. The number of nitrogens with zero attached hydrogens (tertiary/aromatic N) is 2. The number of halogens is 2. The monoisotopic (exact) mass is 447 g/mol. The Morgan fingerprint density at radius 1 is 1.13 bits per heavy atom. The molecule has 0 bridgehead atoms. The van der Waals surface area contributed by atoms with Crippen molar-refractivity contribution in [3.05, 3.63) is 69.2 Å². The van der Waals surface area contributed by atoms with Crippen molar-refractivity contribution in [3.8, 4) is 0 Å². The second-order valence-corrected chi connectivity index (χ2v) is 7.63. The van der Waals surface area contributed by atoms with Gasteiger partial charge in [-0.1, -0.05) is 41.4 Å². The molecule has 9 heteroatoms. The second kappa shape index (κ2) is 10.3. The summed E-state index contributed by atoms with van der Waals surface area (Å²) in [6, 6.07) is 12.7. The first-order valence-corrected chi connectivity index (χ1v) is 10.2. The molecule has 1 heterocycles. The smallest absolute Gasteiger partial charge is 0.254 e. The van der Waals surface area contributed by atoms with Crippen LogP contribution in [0.5, 0.6) is 0 Å². The van der Waals surface area contributed by atoms with E-state index in [9.17, 15) is 9.59 Å². The average Bonchev–Trinajstić information content (AvgIpc) is 2.75. The Morgan fingerprint density at radius 3 is 2.53 bits per heavy atom. The van der Waals surface area contributed by atoms with Crippen molar-refractivity contribution in [2.75, 3.05) is 26.7 Å². The van der Waals surface area contributed by atoms with Crippen molar-refractivity contribution in [2.24, 2.45) is 4.99 Å². The van der Waals surface area contributed by atoms with Crippen LogP contribution in [0.15, 0.2) is 47.5 Å². The zero-order valence-electron chi connectivity index (χ0n) is 16.5. The fraction of sp³-hybridized carbons (Fsp3) is 0.286. The molecule has 3 rings (SSSR count). The predicted molar refractivity (Wildman–Crippen MR) is 119 cm³/mol. The van der Waals surface area contributed by atoms with Crippen molar-refractivity contribution >= 4 is 41.0 Å². The molecule has 7 nitrogen and oxygen atoms in total. The van der Waals surface area contributed by atoms with Crippen LogP contribution >= 0.6 is 23.2 Å². The van der Waals surface area contributed by atoms with E-state index in [0.717, 1.165) is 11.1 Å². The van der Waals surface area contributed by atoms with Gasteiger partial charge in [-0.2, -0.15) is 0 Å². The summed E-state index contributed by atoms with van der Waals surface area (Å²) in [6.45, 7) is 2.15. The first kappa shape index (κ1) is 21.9. The van der Waals surface area contributed by atoms with Gasteiger partial charge in [0.2, 0.25) is 5.91 Å².